The molecule has 5 rings (SSSR count). The molecule has 4 nitrogen and oxygen atoms in total. The summed E-state index contributed by atoms with van der Waals surface area (Å²) in [5, 5.41) is 4.30. The van der Waals surface area contributed by atoms with Gasteiger partial charge in [-0.05, 0) is 68.1 Å². The molecule has 0 aromatic carbocycles. The summed E-state index contributed by atoms with van der Waals surface area (Å²) >= 11 is 0. The predicted octanol–water partition coefficient (Wildman–Crippen LogP) is 2.77. The van der Waals surface area contributed by atoms with Crippen LogP contribution in [-0.2, 0) is 13.0 Å². The molecule has 0 spiro atoms. The van der Waals surface area contributed by atoms with E-state index < -0.39 is 0 Å². The lowest BCUT2D eigenvalue weighted by atomic mass is 9.43. The number of nitrogens with zero attached hydrogens (tertiary/aromatic N) is 3. The third-order valence-electron chi connectivity index (χ3n) is 6.58. The third kappa shape index (κ3) is 2.14. The lowest BCUT2D eigenvalue weighted by Crippen LogP contribution is -2.58. The zero-order chi connectivity index (χ0) is 14.7. The van der Waals surface area contributed by atoms with E-state index in [1.165, 1.54) is 38.5 Å². The highest BCUT2D eigenvalue weighted by Gasteiger charge is 2.57. The van der Waals surface area contributed by atoms with Crippen molar-refractivity contribution in [3.8, 4) is 0 Å². The van der Waals surface area contributed by atoms with E-state index in [1.807, 2.05) is 4.68 Å². The molecular weight excluding hydrogens is 260 g/mol. The highest BCUT2D eigenvalue weighted by molar-refractivity contribution is 5.10. The van der Waals surface area contributed by atoms with Gasteiger partial charge in [-0.1, -0.05) is 6.92 Å². The van der Waals surface area contributed by atoms with E-state index in [4.69, 9.17) is 5.73 Å². The van der Waals surface area contributed by atoms with Gasteiger partial charge in [0.2, 0.25) is 0 Å². The van der Waals surface area contributed by atoms with Crippen LogP contribution in [0.15, 0.2) is 6.33 Å². The van der Waals surface area contributed by atoms with E-state index in [-0.39, 0.29) is 6.04 Å². The van der Waals surface area contributed by atoms with Crippen LogP contribution in [0, 0.1) is 22.7 Å². The quantitative estimate of drug-likeness (QED) is 0.927. The Morgan fingerprint density at radius 3 is 2.67 bits per heavy atom. The topological polar surface area (TPSA) is 56.7 Å². The van der Waals surface area contributed by atoms with Crippen LogP contribution in [0.5, 0.6) is 0 Å². The molecule has 0 saturated heterocycles. The summed E-state index contributed by atoms with van der Waals surface area (Å²) in [6.07, 6.45) is 11.0. The molecule has 0 aliphatic heterocycles. The number of nitrogens with two attached hydrogens (primary N) is 1. The van der Waals surface area contributed by atoms with Gasteiger partial charge in [0.25, 0.3) is 0 Å². The van der Waals surface area contributed by atoms with Gasteiger partial charge in [0, 0.05) is 19.0 Å². The predicted molar refractivity (Wildman–Crippen MR) is 82.6 cm³/mol. The molecule has 4 bridgehead atoms. The van der Waals surface area contributed by atoms with Crippen LogP contribution in [-0.4, -0.2) is 20.8 Å². The van der Waals surface area contributed by atoms with Gasteiger partial charge in [0.05, 0.1) is 0 Å². The minimum atomic E-state index is 0.247. The van der Waals surface area contributed by atoms with Crippen LogP contribution in [0.4, 0.5) is 0 Å². The van der Waals surface area contributed by atoms with Crippen molar-refractivity contribution in [1.29, 1.82) is 0 Å². The first-order valence-electron chi connectivity index (χ1n) is 8.64. The Morgan fingerprint density at radius 2 is 2.05 bits per heavy atom. The molecule has 3 atom stereocenters. The third-order valence-corrected chi connectivity index (χ3v) is 6.58. The Morgan fingerprint density at radius 1 is 1.33 bits per heavy atom. The van der Waals surface area contributed by atoms with Crippen molar-refractivity contribution in [2.24, 2.45) is 28.4 Å². The van der Waals surface area contributed by atoms with Crippen LogP contribution in [0.2, 0.25) is 0 Å². The summed E-state index contributed by atoms with van der Waals surface area (Å²) in [5.74, 6) is 2.95. The normalized spacial score (nSPS) is 42.4. The first kappa shape index (κ1) is 13.7. The molecule has 4 saturated carbocycles. The molecule has 4 heteroatoms. The van der Waals surface area contributed by atoms with E-state index in [0.717, 1.165) is 30.6 Å². The fourth-order valence-electron chi connectivity index (χ4n) is 6.36. The average molecular weight is 288 g/mol. The summed E-state index contributed by atoms with van der Waals surface area (Å²) in [6.45, 7) is 5.52. The van der Waals surface area contributed by atoms with E-state index >= 15 is 0 Å². The zero-order valence-corrected chi connectivity index (χ0v) is 13.4. The summed E-state index contributed by atoms with van der Waals surface area (Å²) < 4.78 is 2.00. The SMILES string of the molecule is CCn1ncnc1CC(N)C12CC3CC(CC(C)(C3)C1)C2. The highest BCUT2D eigenvalue weighted by Crippen LogP contribution is 2.66. The fourth-order valence-corrected chi connectivity index (χ4v) is 6.36. The maximum absolute atomic E-state index is 6.77. The van der Waals surface area contributed by atoms with Gasteiger partial charge in [-0.25, -0.2) is 4.98 Å². The molecular formula is C17H28N4. The summed E-state index contributed by atoms with van der Waals surface area (Å²) in [7, 11) is 0. The summed E-state index contributed by atoms with van der Waals surface area (Å²) in [6, 6.07) is 0.247. The van der Waals surface area contributed by atoms with Crippen LogP contribution in [0.1, 0.15) is 58.2 Å². The Hall–Kier alpha value is -0.900. The number of rotatable bonds is 4. The number of aromatic nitrogens is 3. The van der Waals surface area contributed by atoms with Gasteiger partial charge in [-0.2, -0.15) is 5.10 Å². The lowest BCUT2D eigenvalue weighted by Gasteiger charge is -2.63. The van der Waals surface area contributed by atoms with Crippen molar-refractivity contribution in [3.05, 3.63) is 12.2 Å². The molecule has 2 N–H and O–H groups in total. The Bertz CT molecular complexity index is 521. The summed E-state index contributed by atoms with van der Waals surface area (Å²) in [5.41, 5.74) is 7.71. The first-order chi connectivity index (χ1) is 10.0. The highest BCUT2D eigenvalue weighted by atomic mass is 15.3. The molecule has 1 heterocycles. The van der Waals surface area contributed by atoms with Crippen molar-refractivity contribution in [1.82, 2.24) is 14.8 Å². The second-order valence-electron chi connectivity index (χ2n) is 8.44. The molecule has 116 valence electrons. The minimum Gasteiger partial charge on any atom is -0.327 e. The van der Waals surface area contributed by atoms with Gasteiger partial charge in [-0.3, -0.25) is 4.68 Å². The maximum Gasteiger partial charge on any atom is 0.138 e. The van der Waals surface area contributed by atoms with Gasteiger partial charge in [0.15, 0.2) is 0 Å². The zero-order valence-electron chi connectivity index (χ0n) is 13.4. The smallest absolute Gasteiger partial charge is 0.138 e. The van der Waals surface area contributed by atoms with Crippen LogP contribution in [0.3, 0.4) is 0 Å². The Labute approximate surface area is 127 Å². The number of aryl methyl sites for hydroxylation is 1. The Kier molecular flexibility index (Phi) is 2.97. The van der Waals surface area contributed by atoms with Gasteiger partial charge in [0.1, 0.15) is 12.2 Å². The molecule has 4 aliphatic rings. The van der Waals surface area contributed by atoms with E-state index in [1.54, 1.807) is 6.33 Å². The molecule has 0 amide bonds. The second kappa shape index (κ2) is 4.55. The molecule has 4 aliphatic carbocycles. The molecule has 1 aromatic heterocycles. The van der Waals surface area contributed by atoms with Crippen molar-refractivity contribution < 1.29 is 0 Å². The second-order valence-corrected chi connectivity index (χ2v) is 8.44. The lowest BCUT2D eigenvalue weighted by molar-refractivity contribution is -0.113. The first-order valence-corrected chi connectivity index (χ1v) is 8.64. The van der Waals surface area contributed by atoms with Crippen molar-refractivity contribution in [3.63, 3.8) is 0 Å². The van der Waals surface area contributed by atoms with Crippen LogP contribution in [0.25, 0.3) is 0 Å². The molecule has 4 fully saturated rings. The van der Waals surface area contributed by atoms with Crippen molar-refractivity contribution >= 4 is 0 Å². The average Bonchev–Trinajstić information content (AvgIpc) is 2.83. The van der Waals surface area contributed by atoms with Gasteiger partial charge in [-0.15, -0.1) is 0 Å². The van der Waals surface area contributed by atoms with Crippen LogP contribution < -0.4 is 5.73 Å². The minimum absolute atomic E-state index is 0.247. The largest absolute Gasteiger partial charge is 0.327 e. The monoisotopic (exact) mass is 288 g/mol. The van der Waals surface area contributed by atoms with Gasteiger partial charge < -0.3 is 5.73 Å². The summed E-state index contributed by atoms with van der Waals surface area (Å²) in [4.78, 5) is 4.44. The molecule has 1 aromatic rings. The molecule has 3 unspecified atom stereocenters. The fraction of sp³-hybridized carbons (Fsp3) is 0.882. The maximum atomic E-state index is 6.77. The molecule has 21 heavy (non-hydrogen) atoms. The number of hydrogen-bond donors (Lipinski definition) is 1. The van der Waals surface area contributed by atoms with Crippen LogP contribution >= 0.6 is 0 Å². The van der Waals surface area contributed by atoms with E-state index in [0.29, 0.717) is 10.8 Å². The van der Waals surface area contributed by atoms with Crippen molar-refractivity contribution in [2.45, 2.75) is 71.4 Å². The van der Waals surface area contributed by atoms with E-state index in [9.17, 15) is 0 Å². The number of hydrogen-bond acceptors (Lipinski definition) is 3. The van der Waals surface area contributed by atoms with E-state index in [2.05, 4.69) is 23.9 Å². The standard InChI is InChI=1S/C17H28N4/c1-3-21-15(19-11-20-21)5-14(18)17-8-12-4-13(9-17)7-16(2,6-12)10-17/h11-14H,3-10,18H2,1-2H3. The Balaban J connectivity index is 1.58. The van der Waals surface area contributed by atoms with Gasteiger partial charge >= 0.3 is 0 Å². The van der Waals surface area contributed by atoms with Crippen molar-refractivity contribution in [2.75, 3.05) is 0 Å². The molecule has 0 radical (unpaired) electrons.